The van der Waals surface area contributed by atoms with Gasteiger partial charge in [-0.2, -0.15) is 0 Å². The van der Waals surface area contributed by atoms with E-state index in [0.717, 1.165) is 60.1 Å². The maximum Gasteiger partial charge on any atom is 0.191 e. The SMILES string of the molecule is COC(C)OCOc1ccc(C#Cc2ccc(OC(C)C3CNCCO3)cc2)cc1C12CC3CC(CC(C3)C1)C2. The summed E-state index contributed by atoms with van der Waals surface area (Å²) in [6.45, 7) is 6.56. The molecular weight excluding hydrogens is 502 g/mol. The van der Waals surface area contributed by atoms with Crippen molar-refractivity contribution >= 4 is 0 Å². The minimum absolute atomic E-state index is 0.0171. The summed E-state index contributed by atoms with van der Waals surface area (Å²) in [4.78, 5) is 0. The van der Waals surface area contributed by atoms with Gasteiger partial charge in [-0.3, -0.25) is 0 Å². The summed E-state index contributed by atoms with van der Waals surface area (Å²) in [5, 5.41) is 3.36. The second-order valence-electron chi connectivity index (χ2n) is 12.4. The molecule has 4 aliphatic carbocycles. The lowest BCUT2D eigenvalue weighted by Crippen LogP contribution is -2.48. The molecule has 5 aliphatic rings. The Balaban J connectivity index is 1.19. The minimum Gasteiger partial charge on any atom is -0.488 e. The summed E-state index contributed by atoms with van der Waals surface area (Å²) >= 11 is 0. The number of hydrogen-bond donors (Lipinski definition) is 1. The van der Waals surface area contributed by atoms with Gasteiger partial charge in [0.1, 0.15) is 23.7 Å². The van der Waals surface area contributed by atoms with Crippen molar-refractivity contribution in [3.63, 3.8) is 0 Å². The smallest absolute Gasteiger partial charge is 0.191 e. The summed E-state index contributed by atoms with van der Waals surface area (Å²) in [6.07, 6.45) is 7.78. The molecule has 1 N–H and O–H groups in total. The molecule has 4 saturated carbocycles. The van der Waals surface area contributed by atoms with Gasteiger partial charge in [0.25, 0.3) is 0 Å². The van der Waals surface area contributed by atoms with Crippen molar-refractivity contribution < 1.29 is 23.7 Å². The molecule has 2 aromatic carbocycles. The summed E-state index contributed by atoms with van der Waals surface area (Å²) in [6, 6.07) is 14.5. The van der Waals surface area contributed by atoms with Crippen LogP contribution in [0.2, 0.25) is 0 Å². The summed E-state index contributed by atoms with van der Waals surface area (Å²) in [7, 11) is 1.64. The number of methoxy groups -OCH3 is 1. The molecule has 0 aromatic heterocycles. The Labute approximate surface area is 239 Å². The Morgan fingerprint density at radius 1 is 0.950 bits per heavy atom. The summed E-state index contributed by atoms with van der Waals surface area (Å²) < 4.78 is 29.1. The van der Waals surface area contributed by atoms with Crippen LogP contribution in [-0.2, 0) is 19.6 Å². The molecule has 0 spiro atoms. The van der Waals surface area contributed by atoms with E-state index in [1.807, 2.05) is 31.2 Å². The predicted octanol–water partition coefficient (Wildman–Crippen LogP) is 5.66. The lowest BCUT2D eigenvalue weighted by molar-refractivity contribution is -0.150. The van der Waals surface area contributed by atoms with Crippen molar-refractivity contribution in [2.75, 3.05) is 33.6 Å². The third kappa shape index (κ3) is 6.19. The Morgan fingerprint density at radius 3 is 2.27 bits per heavy atom. The van der Waals surface area contributed by atoms with Crippen LogP contribution in [-0.4, -0.2) is 52.1 Å². The van der Waals surface area contributed by atoms with E-state index in [2.05, 4.69) is 42.3 Å². The quantitative estimate of drug-likeness (QED) is 0.324. The minimum atomic E-state index is -0.300. The monoisotopic (exact) mass is 545 g/mol. The molecule has 6 heteroatoms. The topological polar surface area (TPSA) is 58.2 Å². The van der Waals surface area contributed by atoms with Crippen molar-refractivity contribution in [1.82, 2.24) is 5.32 Å². The van der Waals surface area contributed by atoms with E-state index in [0.29, 0.717) is 0 Å². The lowest BCUT2D eigenvalue weighted by Gasteiger charge is -2.57. The first-order valence-electron chi connectivity index (χ1n) is 15.0. The van der Waals surface area contributed by atoms with Crippen LogP contribution in [0.15, 0.2) is 42.5 Å². The van der Waals surface area contributed by atoms with Gasteiger partial charge in [0.15, 0.2) is 13.1 Å². The normalized spacial score (nSPS) is 30.3. The standard InChI is InChI=1S/C34H43NO5/c1-23(33-21-35-12-13-37-33)40-30-9-6-25(7-10-30)4-5-26-8-11-32(39-22-38-24(2)36-3)31(17-26)34-18-27-14-28(19-34)16-29(15-27)20-34/h6-11,17,23-24,27-29,33,35H,12-16,18-22H2,1-3H3. The number of ether oxygens (including phenoxy) is 5. The van der Waals surface area contributed by atoms with Crippen molar-refractivity contribution in [3.8, 4) is 23.3 Å². The molecule has 2 aromatic rings. The molecule has 1 aliphatic heterocycles. The van der Waals surface area contributed by atoms with Gasteiger partial charge >= 0.3 is 0 Å². The lowest BCUT2D eigenvalue weighted by atomic mass is 9.48. The van der Waals surface area contributed by atoms with Crippen LogP contribution in [0.3, 0.4) is 0 Å². The Morgan fingerprint density at radius 2 is 1.62 bits per heavy atom. The Bertz CT molecular complexity index is 1170. The highest BCUT2D eigenvalue weighted by Crippen LogP contribution is 2.62. The van der Waals surface area contributed by atoms with Crippen LogP contribution in [0.25, 0.3) is 0 Å². The average molecular weight is 546 g/mol. The molecule has 3 atom stereocenters. The first-order chi connectivity index (χ1) is 19.5. The molecule has 3 unspecified atom stereocenters. The van der Waals surface area contributed by atoms with Gasteiger partial charge in [0.05, 0.1) is 6.61 Å². The van der Waals surface area contributed by atoms with Crippen LogP contribution in [0.1, 0.15) is 69.1 Å². The molecule has 1 saturated heterocycles. The summed E-state index contributed by atoms with van der Waals surface area (Å²) in [5.74, 6) is 11.1. The molecule has 0 amide bonds. The second kappa shape index (κ2) is 12.1. The van der Waals surface area contributed by atoms with E-state index < -0.39 is 0 Å². The summed E-state index contributed by atoms with van der Waals surface area (Å²) in [5.41, 5.74) is 3.51. The highest BCUT2D eigenvalue weighted by Gasteiger charge is 2.52. The zero-order chi connectivity index (χ0) is 27.5. The van der Waals surface area contributed by atoms with Crippen LogP contribution in [0, 0.1) is 29.6 Å². The molecule has 0 radical (unpaired) electrons. The fourth-order valence-electron chi connectivity index (χ4n) is 7.79. The van der Waals surface area contributed by atoms with Crippen LogP contribution >= 0.6 is 0 Å². The molecule has 40 heavy (non-hydrogen) atoms. The average Bonchev–Trinajstić information content (AvgIpc) is 2.97. The molecule has 1 heterocycles. The first-order valence-corrected chi connectivity index (χ1v) is 15.0. The Kier molecular flexibility index (Phi) is 8.37. The van der Waals surface area contributed by atoms with E-state index in [1.54, 1.807) is 7.11 Å². The third-order valence-corrected chi connectivity index (χ3v) is 9.45. The van der Waals surface area contributed by atoms with E-state index in [9.17, 15) is 0 Å². The van der Waals surface area contributed by atoms with Crippen LogP contribution in [0.4, 0.5) is 0 Å². The Hall–Kier alpha value is -2.56. The van der Waals surface area contributed by atoms with Crippen molar-refractivity contribution in [3.05, 3.63) is 59.2 Å². The van der Waals surface area contributed by atoms with Crippen molar-refractivity contribution in [2.24, 2.45) is 17.8 Å². The van der Waals surface area contributed by atoms with Gasteiger partial charge in [0.2, 0.25) is 0 Å². The zero-order valence-corrected chi connectivity index (χ0v) is 24.1. The number of rotatable bonds is 9. The van der Waals surface area contributed by atoms with E-state index >= 15 is 0 Å². The fourth-order valence-corrected chi connectivity index (χ4v) is 7.79. The molecular formula is C34H43NO5. The maximum atomic E-state index is 6.23. The predicted molar refractivity (Wildman–Crippen MR) is 154 cm³/mol. The highest BCUT2D eigenvalue weighted by molar-refractivity contribution is 5.51. The van der Waals surface area contributed by atoms with Gasteiger partial charge in [0, 0.05) is 36.9 Å². The van der Waals surface area contributed by atoms with Crippen molar-refractivity contribution in [1.29, 1.82) is 0 Å². The van der Waals surface area contributed by atoms with Crippen molar-refractivity contribution in [2.45, 2.75) is 76.3 Å². The van der Waals surface area contributed by atoms with Crippen LogP contribution < -0.4 is 14.8 Å². The zero-order valence-electron chi connectivity index (χ0n) is 24.1. The maximum absolute atomic E-state index is 6.23. The second-order valence-corrected chi connectivity index (χ2v) is 12.4. The fraction of sp³-hybridized carbons (Fsp3) is 0.588. The van der Waals surface area contributed by atoms with E-state index in [-0.39, 0.29) is 30.7 Å². The molecule has 7 rings (SSSR count). The number of hydrogen-bond acceptors (Lipinski definition) is 6. The van der Waals surface area contributed by atoms with E-state index in [4.69, 9.17) is 23.7 Å². The molecule has 4 bridgehead atoms. The number of nitrogens with one attached hydrogen (secondary N) is 1. The third-order valence-electron chi connectivity index (χ3n) is 9.45. The van der Waals surface area contributed by atoms with E-state index in [1.165, 1.54) is 44.1 Å². The largest absolute Gasteiger partial charge is 0.488 e. The van der Waals surface area contributed by atoms with Gasteiger partial charge in [-0.1, -0.05) is 11.8 Å². The first kappa shape index (κ1) is 27.6. The van der Waals surface area contributed by atoms with Gasteiger partial charge in [-0.15, -0.1) is 0 Å². The van der Waals surface area contributed by atoms with Gasteiger partial charge in [-0.25, -0.2) is 0 Å². The highest BCUT2D eigenvalue weighted by atomic mass is 16.7. The van der Waals surface area contributed by atoms with Crippen LogP contribution in [0.5, 0.6) is 11.5 Å². The van der Waals surface area contributed by atoms with Gasteiger partial charge < -0.3 is 29.0 Å². The number of morpholine rings is 1. The molecule has 214 valence electrons. The van der Waals surface area contributed by atoms with Gasteiger partial charge in [-0.05, 0) is 118 Å². The molecule has 6 nitrogen and oxygen atoms in total. The number of benzene rings is 2. The molecule has 5 fully saturated rings.